The van der Waals surface area contributed by atoms with Gasteiger partial charge in [0.05, 0.1) is 11.6 Å². The maximum Gasteiger partial charge on any atom is 0.224 e. The minimum Gasteiger partial charge on any atom is -0.352 e. The molecule has 1 aromatic carbocycles. The molecule has 2 rings (SSSR count). The lowest BCUT2D eigenvalue weighted by Gasteiger charge is -2.09. The maximum absolute atomic E-state index is 11.8. The van der Waals surface area contributed by atoms with Crippen LogP contribution in [0.3, 0.4) is 0 Å². The van der Waals surface area contributed by atoms with Crippen LogP contribution in [-0.2, 0) is 11.3 Å². The first-order chi connectivity index (χ1) is 8.29. The van der Waals surface area contributed by atoms with Gasteiger partial charge in [0.25, 0.3) is 0 Å². The van der Waals surface area contributed by atoms with Gasteiger partial charge in [-0.3, -0.25) is 4.79 Å². The van der Waals surface area contributed by atoms with Gasteiger partial charge in [-0.1, -0.05) is 12.1 Å². The number of nitrogens with zero attached hydrogens (tertiary/aromatic N) is 1. The monoisotopic (exact) mass is 246 g/mol. The van der Waals surface area contributed by atoms with Crippen molar-refractivity contribution in [1.82, 2.24) is 5.32 Å². The summed E-state index contributed by atoms with van der Waals surface area (Å²) in [6, 6.07) is 9.43. The van der Waals surface area contributed by atoms with Crippen LogP contribution in [0.15, 0.2) is 24.3 Å². The van der Waals surface area contributed by atoms with E-state index in [1.165, 1.54) is 0 Å². The Bertz CT molecular complexity index is 447. The lowest BCUT2D eigenvalue weighted by molar-refractivity contribution is -0.124. The Kier molecular flexibility index (Phi) is 4.05. The Morgan fingerprint density at radius 3 is 3.18 bits per heavy atom. The fraction of sp³-hybridized carbons (Fsp3) is 0.385. The summed E-state index contributed by atoms with van der Waals surface area (Å²) in [5, 5.41) is 11.7. The van der Waals surface area contributed by atoms with Crippen LogP contribution in [-0.4, -0.2) is 17.4 Å². The second kappa shape index (κ2) is 5.74. The Hall–Kier alpha value is -1.47. The summed E-state index contributed by atoms with van der Waals surface area (Å²) in [6.07, 6.45) is 0.981. The number of rotatable bonds is 3. The van der Waals surface area contributed by atoms with Crippen molar-refractivity contribution in [1.29, 1.82) is 5.26 Å². The van der Waals surface area contributed by atoms with Crippen LogP contribution in [0.4, 0.5) is 0 Å². The molecular formula is C13H14N2OS. The van der Waals surface area contributed by atoms with Crippen molar-refractivity contribution in [3.05, 3.63) is 35.4 Å². The fourth-order valence-corrected chi connectivity index (χ4v) is 3.05. The summed E-state index contributed by atoms with van der Waals surface area (Å²) in [7, 11) is 0. The topological polar surface area (TPSA) is 52.9 Å². The summed E-state index contributed by atoms with van der Waals surface area (Å²) in [5.41, 5.74) is 1.61. The number of nitriles is 1. The molecule has 0 aliphatic carbocycles. The van der Waals surface area contributed by atoms with Gasteiger partial charge >= 0.3 is 0 Å². The molecule has 1 aromatic rings. The van der Waals surface area contributed by atoms with E-state index >= 15 is 0 Å². The Morgan fingerprint density at radius 2 is 2.47 bits per heavy atom. The van der Waals surface area contributed by atoms with Gasteiger partial charge in [-0.15, -0.1) is 0 Å². The molecule has 1 atom stereocenters. The number of carbonyl (C=O) groups is 1. The second-order valence-corrected chi connectivity index (χ2v) is 5.24. The molecule has 1 unspecified atom stereocenters. The van der Waals surface area contributed by atoms with Crippen LogP contribution in [0.2, 0.25) is 0 Å². The smallest absolute Gasteiger partial charge is 0.224 e. The Balaban J connectivity index is 1.88. The highest BCUT2D eigenvalue weighted by Gasteiger charge is 2.22. The van der Waals surface area contributed by atoms with E-state index in [4.69, 9.17) is 5.26 Å². The van der Waals surface area contributed by atoms with Gasteiger partial charge < -0.3 is 5.32 Å². The van der Waals surface area contributed by atoms with Crippen LogP contribution in [0.1, 0.15) is 17.5 Å². The number of carbonyl (C=O) groups excluding carboxylic acids is 1. The molecule has 1 N–H and O–H groups in total. The third-order valence-corrected chi connectivity index (χ3v) is 3.99. The summed E-state index contributed by atoms with van der Waals surface area (Å²) >= 11 is 1.83. The van der Waals surface area contributed by atoms with Crippen molar-refractivity contribution in [3.8, 4) is 6.07 Å². The average molecular weight is 246 g/mol. The van der Waals surface area contributed by atoms with Gasteiger partial charge in [0, 0.05) is 18.2 Å². The maximum atomic E-state index is 11.8. The normalized spacial score (nSPS) is 18.6. The van der Waals surface area contributed by atoms with Crippen molar-refractivity contribution in [2.75, 3.05) is 11.5 Å². The number of amides is 1. The van der Waals surface area contributed by atoms with Crippen LogP contribution < -0.4 is 5.32 Å². The predicted octanol–water partition coefficient (Wildman–Crippen LogP) is 1.93. The number of hydrogen-bond donors (Lipinski definition) is 1. The van der Waals surface area contributed by atoms with E-state index in [1.54, 1.807) is 6.07 Å². The first kappa shape index (κ1) is 12.0. The molecule has 4 heteroatoms. The zero-order valence-electron chi connectivity index (χ0n) is 9.48. The molecule has 0 radical (unpaired) electrons. The van der Waals surface area contributed by atoms with Crippen molar-refractivity contribution in [2.45, 2.75) is 13.0 Å². The zero-order valence-corrected chi connectivity index (χ0v) is 10.3. The van der Waals surface area contributed by atoms with E-state index in [0.717, 1.165) is 23.5 Å². The van der Waals surface area contributed by atoms with Gasteiger partial charge in [-0.05, 0) is 29.9 Å². The highest BCUT2D eigenvalue weighted by atomic mass is 32.2. The van der Waals surface area contributed by atoms with Crippen molar-refractivity contribution in [3.63, 3.8) is 0 Å². The molecule has 0 saturated carbocycles. The van der Waals surface area contributed by atoms with Crippen molar-refractivity contribution < 1.29 is 4.79 Å². The fourth-order valence-electron chi connectivity index (χ4n) is 1.83. The predicted molar refractivity (Wildman–Crippen MR) is 68.4 cm³/mol. The third-order valence-electron chi connectivity index (χ3n) is 2.82. The van der Waals surface area contributed by atoms with Crippen molar-refractivity contribution in [2.24, 2.45) is 5.92 Å². The molecule has 1 aliphatic rings. The molecule has 1 fully saturated rings. The molecule has 0 spiro atoms. The standard InChI is InChI=1S/C13H14N2OS/c14-7-10-2-1-3-11(6-10)8-15-13(16)12-4-5-17-9-12/h1-3,6,12H,4-5,8-9H2,(H,15,16). The van der Waals surface area contributed by atoms with Gasteiger partial charge in [0.1, 0.15) is 0 Å². The molecule has 3 nitrogen and oxygen atoms in total. The Labute approximate surface area is 105 Å². The SMILES string of the molecule is N#Cc1cccc(CNC(=O)C2CCSC2)c1. The van der Waals surface area contributed by atoms with E-state index in [2.05, 4.69) is 11.4 Å². The molecule has 1 amide bonds. The number of benzene rings is 1. The zero-order chi connectivity index (χ0) is 12.1. The van der Waals surface area contributed by atoms with Crippen LogP contribution in [0, 0.1) is 17.2 Å². The van der Waals surface area contributed by atoms with Gasteiger partial charge in [-0.2, -0.15) is 17.0 Å². The lowest BCUT2D eigenvalue weighted by atomic mass is 10.1. The van der Waals surface area contributed by atoms with Gasteiger partial charge in [0.15, 0.2) is 0 Å². The molecule has 0 bridgehead atoms. The largest absolute Gasteiger partial charge is 0.352 e. The molecule has 1 heterocycles. The first-order valence-corrected chi connectivity index (χ1v) is 6.79. The number of hydrogen-bond acceptors (Lipinski definition) is 3. The van der Waals surface area contributed by atoms with E-state index in [-0.39, 0.29) is 11.8 Å². The summed E-state index contributed by atoms with van der Waals surface area (Å²) in [4.78, 5) is 11.8. The van der Waals surface area contributed by atoms with Crippen LogP contribution in [0.5, 0.6) is 0 Å². The highest BCUT2D eigenvalue weighted by molar-refractivity contribution is 7.99. The summed E-state index contributed by atoms with van der Waals surface area (Å²) in [5.74, 6) is 2.32. The van der Waals surface area contributed by atoms with E-state index in [0.29, 0.717) is 12.1 Å². The molecular weight excluding hydrogens is 232 g/mol. The molecule has 1 saturated heterocycles. The summed E-state index contributed by atoms with van der Waals surface area (Å²) < 4.78 is 0. The molecule has 88 valence electrons. The van der Waals surface area contributed by atoms with E-state index < -0.39 is 0 Å². The van der Waals surface area contributed by atoms with Gasteiger partial charge in [-0.25, -0.2) is 0 Å². The number of nitrogens with one attached hydrogen (secondary N) is 1. The quantitative estimate of drug-likeness (QED) is 0.886. The lowest BCUT2D eigenvalue weighted by Crippen LogP contribution is -2.30. The van der Waals surface area contributed by atoms with E-state index in [9.17, 15) is 4.79 Å². The van der Waals surface area contributed by atoms with Gasteiger partial charge in [0.2, 0.25) is 5.91 Å². The molecule has 1 aliphatic heterocycles. The minimum absolute atomic E-state index is 0.136. The van der Waals surface area contributed by atoms with Crippen LogP contribution in [0.25, 0.3) is 0 Å². The second-order valence-electron chi connectivity index (χ2n) is 4.09. The third kappa shape index (κ3) is 3.24. The highest BCUT2D eigenvalue weighted by Crippen LogP contribution is 2.23. The summed E-state index contributed by atoms with van der Waals surface area (Å²) in [6.45, 7) is 0.509. The first-order valence-electron chi connectivity index (χ1n) is 5.64. The van der Waals surface area contributed by atoms with E-state index in [1.807, 2.05) is 30.0 Å². The molecule has 0 aromatic heterocycles. The average Bonchev–Trinajstić information content (AvgIpc) is 2.90. The number of thioether (sulfide) groups is 1. The minimum atomic E-state index is 0.136. The van der Waals surface area contributed by atoms with Crippen molar-refractivity contribution >= 4 is 17.7 Å². The molecule has 17 heavy (non-hydrogen) atoms. The Morgan fingerprint density at radius 1 is 1.59 bits per heavy atom. The van der Waals surface area contributed by atoms with Crippen LogP contribution >= 0.6 is 11.8 Å².